The number of nitrogen functional groups attached to an aromatic ring is 1. The van der Waals surface area contributed by atoms with E-state index in [1.165, 1.54) is 11.0 Å². The fraction of sp³-hybridized carbons (Fsp3) is 0.182. The van der Waals surface area contributed by atoms with E-state index in [1.54, 1.807) is 24.3 Å². The van der Waals surface area contributed by atoms with E-state index in [0.717, 1.165) is 0 Å². The maximum absolute atomic E-state index is 9.95. The Morgan fingerprint density at radius 3 is 3.00 bits per heavy atom. The largest absolute Gasteiger partial charge is 0.399 e. The molecule has 0 saturated carbocycles. The summed E-state index contributed by atoms with van der Waals surface area (Å²) in [7, 11) is 0. The Kier molecular flexibility index (Phi) is 3.03. The summed E-state index contributed by atoms with van der Waals surface area (Å²) in [4.78, 5) is 3.75. The van der Waals surface area contributed by atoms with Crippen LogP contribution in [0.3, 0.4) is 0 Å². The maximum Gasteiger partial charge on any atom is 0.252 e. The van der Waals surface area contributed by atoms with Crippen molar-refractivity contribution in [2.24, 2.45) is 0 Å². The van der Waals surface area contributed by atoms with Crippen LogP contribution in [0.4, 0.5) is 5.69 Å². The molecule has 3 N–H and O–H groups in total. The molecular formula is C11H11N5O. The molecule has 0 aliphatic rings. The molecule has 0 spiro atoms. The Morgan fingerprint density at radius 1 is 1.53 bits per heavy atom. The minimum absolute atomic E-state index is 0.0878. The lowest BCUT2D eigenvalue weighted by Crippen LogP contribution is -2.09. The molecule has 0 saturated heterocycles. The fourth-order valence-electron chi connectivity index (χ4n) is 1.48. The van der Waals surface area contributed by atoms with E-state index in [1.807, 2.05) is 6.07 Å². The van der Waals surface area contributed by atoms with Gasteiger partial charge >= 0.3 is 0 Å². The molecule has 0 bridgehead atoms. The number of hydrogen-bond donors (Lipinski definition) is 2. The number of nitrogens with zero attached hydrogens (tertiary/aromatic N) is 4. The molecule has 1 heterocycles. The van der Waals surface area contributed by atoms with Gasteiger partial charge in [0.1, 0.15) is 12.4 Å². The molecule has 0 fully saturated rings. The maximum atomic E-state index is 9.95. The lowest BCUT2D eigenvalue weighted by molar-refractivity contribution is 0.151. The molecule has 17 heavy (non-hydrogen) atoms. The quantitative estimate of drug-likeness (QED) is 0.745. The summed E-state index contributed by atoms with van der Waals surface area (Å²) < 4.78 is 1.42. The number of aliphatic hydroxyl groups excluding tert-OH is 1. The summed E-state index contributed by atoms with van der Waals surface area (Å²) >= 11 is 0. The SMILES string of the molecule is N#Cc1ncn(CC(O)c2cccc(N)c2)n1. The van der Waals surface area contributed by atoms with Gasteiger partial charge in [0.05, 0.1) is 12.6 Å². The second-order valence-electron chi connectivity index (χ2n) is 3.59. The number of aromatic nitrogens is 3. The van der Waals surface area contributed by atoms with Gasteiger partial charge < -0.3 is 10.8 Å². The Hall–Kier alpha value is -2.39. The van der Waals surface area contributed by atoms with E-state index < -0.39 is 6.10 Å². The summed E-state index contributed by atoms with van der Waals surface area (Å²) in [5.74, 6) is 0.0878. The van der Waals surface area contributed by atoms with Gasteiger partial charge in [-0.2, -0.15) is 5.26 Å². The molecule has 86 valence electrons. The third kappa shape index (κ3) is 2.59. The van der Waals surface area contributed by atoms with Crippen LogP contribution in [-0.4, -0.2) is 19.9 Å². The predicted octanol–water partition coefficient (Wildman–Crippen LogP) is 0.466. The average Bonchev–Trinajstić information content (AvgIpc) is 2.77. The number of rotatable bonds is 3. The third-order valence-corrected chi connectivity index (χ3v) is 2.29. The van der Waals surface area contributed by atoms with E-state index in [0.29, 0.717) is 11.3 Å². The number of anilines is 1. The first kappa shape index (κ1) is 11.1. The van der Waals surface area contributed by atoms with E-state index in [2.05, 4.69) is 10.1 Å². The standard InChI is InChI=1S/C11H11N5O/c12-5-11-14-7-16(15-11)6-10(17)8-2-1-3-9(13)4-8/h1-4,7,10,17H,6,13H2. The highest BCUT2D eigenvalue weighted by Gasteiger charge is 2.10. The van der Waals surface area contributed by atoms with E-state index >= 15 is 0 Å². The lowest BCUT2D eigenvalue weighted by atomic mass is 10.1. The smallest absolute Gasteiger partial charge is 0.252 e. The van der Waals surface area contributed by atoms with E-state index in [-0.39, 0.29) is 12.4 Å². The zero-order valence-electron chi connectivity index (χ0n) is 8.98. The Balaban J connectivity index is 2.11. The molecule has 0 radical (unpaired) electrons. The van der Waals surface area contributed by atoms with E-state index in [4.69, 9.17) is 11.0 Å². The van der Waals surface area contributed by atoms with Crippen molar-refractivity contribution in [2.75, 3.05) is 5.73 Å². The molecule has 1 aromatic carbocycles. The van der Waals surface area contributed by atoms with Crippen LogP contribution in [0.1, 0.15) is 17.5 Å². The molecule has 0 amide bonds. The molecule has 6 heteroatoms. The van der Waals surface area contributed by atoms with E-state index in [9.17, 15) is 5.11 Å². The summed E-state index contributed by atoms with van der Waals surface area (Å²) in [6.45, 7) is 0.234. The molecular weight excluding hydrogens is 218 g/mol. The van der Waals surface area contributed by atoms with Crippen LogP contribution in [-0.2, 0) is 6.54 Å². The second-order valence-corrected chi connectivity index (χ2v) is 3.59. The summed E-state index contributed by atoms with van der Waals surface area (Å²) in [5, 5.41) is 22.4. The minimum Gasteiger partial charge on any atom is -0.399 e. The first-order chi connectivity index (χ1) is 8.19. The van der Waals surface area contributed by atoms with Gasteiger partial charge in [-0.25, -0.2) is 9.67 Å². The van der Waals surface area contributed by atoms with Crippen LogP contribution in [0.25, 0.3) is 0 Å². The Labute approximate surface area is 97.9 Å². The van der Waals surface area contributed by atoms with Crippen LogP contribution in [0, 0.1) is 11.3 Å². The van der Waals surface area contributed by atoms with Crippen molar-refractivity contribution in [3.05, 3.63) is 42.0 Å². The van der Waals surface area contributed by atoms with Gasteiger partial charge in [-0.3, -0.25) is 0 Å². The van der Waals surface area contributed by atoms with Crippen molar-refractivity contribution in [1.29, 1.82) is 5.26 Å². The summed E-state index contributed by atoms with van der Waals surface area (Å²) in [6, 6.07) is 8.83. The number of nitriles is 1. The highest BCUT2D eigenvalue weighted by Crippen LogP contribution is 2.17. The van der Waals surface area contributed by atoms with Crippen molar-refractivity contribution in [3.8, 4) is 6.07 Å². The third-order valence-electron chi connectivity index (χ3n) is 2.29. The molecule has 2 rings (SSSR count). The van der Waals surface area contributed by atoms with Crippen molar-refractivity contribution in [1.82, 2.24) is 14.8 Å². The van der Waals surface area contributed by atoms with Crippen LogP contribution in [0.15, 0.2) is 30.6 Å². The summed E-state index contributed by atoms with van der Waals surface area (Å²) in [6.07, 6.45) is 0.681. The highest BCUT2D eigenvalue weighted by atomic mass is 16.3. The lowest BCUT2D eigenvalue weighted by Gasteiger charge is -2.10. The molecule has 1 unspecified atom stereocenters. The average molecular weight is 229 g/mol. The fourth-order valence-corrected chi connectivity index (χ4v) is 1.48. The van der Waals surface area contributed by atoms with Gasteiger partial charge in [0.2, 0.25) is 0 Å². The van der Waals surface area contributed by atoms with Crippen molar-refractivity contribution in [3.63, 3.8) is 0 Å². The number of nitrogens with two attached hydrogens (primary N) is 1. The molecule has 1 aromatic heterocycles. The topological polar surface area (TPSA) is 101 Å². The number of hydrogen-bond acceptors (Lipinski definition) is 5. The first-order valence-electron chi connectivity index (χ1n) is 5.02. The molecule has 0 aliphatic carbocycles. The van der Waals surface area contributed by atoms with Crippen molar-refractivity contribution in [2.45, 2.75) is 12.6 Å². The number of benzene rings is 1. The van der Waals surface area contributed by atoms with Gasteiger partial charge in [0, 0.05) is 5.69 Å². The molecule has 1 atom stereocenters. The predicted molar refractivity (Wildman–Crippen MR) is 60.6 cm³/mol. The minimum atomic E-state index is -0.730. The van der Waals surface area contributed by atoms with Crippen LogP contribution in [0.2, 0.25) is 0 Å². The van der Waals surface area contributed by atoms with Gasteiger partial charge in [-0.05, 0) is 17.7 Å². The normalized spacial score (nSPS) is 12.0. The Morgan fingerprint density at radius 2 is 2.35 bits per heavy atom. The first-order valence-corrected chi connectivity index (χ1v) is 5.02. The molecule has 2 aromatic rings. The van der Waals surface area contributed by atoms with Crippen molar-refractivity contribution >= 4 is 5.69 Å². The summed E-state index contributed by atoms with van der Waals surface area (Å²) in [5.41, 5.74) is 6.93. The van der Waals surface area contributed by atoms with Gasteiger partial charge in [-0.1, -0.05) is 12.1 Å². The van der Waals surface area contributed by atoms with Gasteiger partial charge in [-0.15, -0.1) is 5.10 Å². The Bertz CT molecular complexity index is 557. The molecule has 0 aliphatic heterocycles. The highest BCUT2D eigenvalue weighted by molar-refractivity contribution is 5.41. The molecule has 6 nitrogen and oxygen atoms in total. The van der Waals surface area contributed by atoms with Gasteiger partial charge in [0.25, 0.3) is 5.82 Å². The number of aliphatic hydroxyl groups is 1. The van der Waals surface area contributed by atoms with Gasteiger partial charge in [0.15, 0.2) is 0 Å². The van der Waals surface area contributed by atoms with Crippen molar-refractivity contribution < 1.29 is 5.11 Å². The monoisotopic (exact) mass is 229 g/mol. The second kappa shape index (κ2) is 4.63. The van der Waals surface area contributed by atoms with Crippen LogP contribution < -0.4 is 5.73 Å². The van der Waals surface area contributed by atoms with Crippen LogP contribution in [0.5, 0.6) is 0 Å². The zero-order valence-corrected chi connectivity index (χ0v) is 8.98. The van der Waals surface area contributed by atoms with Crippen LogP contribution >= 0.6 is 0 Å². The zero-order chi connectivity index (χ0) is 12.3.